The van der Waals surface area contributed by atoms with Crippen LogP contribution < -0.4 is 16.8 Å². The highest BCUT2D eigenvalue weighted by molar-refractivity contribution is 6.43. The molecule has 1 aliphatic rings. The highest BCUT2D eigenvalue weighted by Crippen LogP contribution is 2.35. The molecule has 3 rings (SSSR count). The number of aliphatic imine (C=N–C) groups is 1. The number of likely N-dealkylation sites (tertiary alicyclic amines) is 1. The second-order valence-corrected chi connectivity index (χ2v) is 8.84. The SMILES string of the molecule is COC(=O)[C@H](CCNC(=O)N1CCC(c2cc(-c3cccc(Cl)c3Cl)nn2C)CC1)N=C(N)N. The number of amides is 2. The Morgan fingerprint density at radius 1 is 1.29 bits per heavy atom. The van der Waals surface area contributed by atoms with E-state index in [0.717, 1.165) is 29.8 Å². The summed E-state index contributed by atoms with van der Waals surface area (Å²) in [5.41, 5.74) is 13.4. The zero-order valence-electron chi connectivity index (χ0n) is 19.1. The first-order valence-electron chi connectivity index (χ1n) is 10.9. The Labute approximate surface area is 208 Å². The third kappa shape index (κ3) is 6.12. The van der Waals surface area contributed by atoms with Crippen molar-refractivity contribution in [2.24, 2.45) is 23.5 Å². The number of halogens is 2. The van der Waals surface area contributed by atoms with Crippen LogP contribution in [0.4, 0.5) is 4.79 Å². The van der Waals surface area contributed by atoms with Gasteiger partial charge in [-0.25, -0.2) is 14.6 Å². The highest BCUT2D eigenvalue weighted by atomic mass is 35.5. The van der Waals surface area contributed by atoms with Gasteiger partial charge in [0.1, 0.15) is 0 Å². The Bertz CT molecular complexity index is 1060. The summed E-state index contributed by atoms with van der Waals surface area (Å²) in [6.45, 7) is 1.44. The van der Waals surface area contributed by atoms with Crippen molar-refractivity contribution in [3.8, 4) is 11.3 Å². The van der Waals surface area contributed by atoms with Crippen molar-refractivity contribution >= 4 is 41.2 Å². The summed E-state index contributed by atoms with van der Waals surface area (Å²) in [6.07, 6.45) is 1.83. The monoisotopic (exact) mass is 509 g/mol. The molecule has 1 fully saturated rings. The van der Waals surface area contributed by atoms with E-state index in [1.54, 1.807) is 11.0 Å². The molecular formula is C22H29Cl2N7O3. The van der Waals surface area contributed by atoms with Crippen molar-refractivity contribution in [1.82, 2.24) is 20.0 Å². The van der Waals surface area contributed by atoms with E-state index < -0.39 is 12.0 Å². The fourth-order valence-electron chi connectivity index (χ4n) is 4.05. The number of nitrogens with two attached hydrogens (primary N) is 2. The van der Waals surface area contributed by atoms with Crippen molar-refractivity contribution < 1.29 is 14.3 Å². The minimum Gasteiger partial charge on any atom is -0.467 e. The molecule has 1 atom stereocenters. The second kappa shape index (κ2) is 11.4. The predicted molar refractivity (Wildman–Crippen MR) is 132 cm³/mol. The van der Waals surface area contributed by atoms with E-state index in [1.165, 1.54) is 7.11 Å². The van der Waals surface area contributed by atoms with Crippen molar-refractivity contribution in [2.45, 2.75) is 31.2 Å². The molecule has 1 aliphatic heterocycles. The topological polar surface area (TPSA) is 141 Å². The molecule has 34 heavy (non-hydrogen) atoms. The molecule has 10 nitrogen and oxygen atoms in total. The first-order chi connectivity index (χ1) is 16.2. The van der Waals surface area contributed by atoms with Crippen LogP contribution in [-0.2, 0) is 16.6 Å². The normalized spacial score (nSPS) is 15.0. The van der Waals surface area contributed by atoms with Gasteiger partial charge in [-0.15, -0.1) is 0 Å². The van der Waals surface area contributed by atoms with E-state index in [9.17, 15) is 9.59 Å². The Hall–Kier alpha value is -2.98. The molecule has 2 heterocycles. The molecule has 1 aromatic heterocycles. The van der Waals surface area contributed by atoms with E-state index in [1.807, 2.05) is 29.9 Å². The average molecular weight is 510 g/mol. The lowest BCUT2D eigenvalue weighted by molar-refractivity contribution is -0.142. The van der Waals surface area contributed by atoms with Crippen LogP contribution in [0.3, 0.4) is 0 Å². The number of rotatable bonds is 7. The Morgan fingerprint density at radius 2 is 2.00 bits per heavy atom. The van der Waals surface area contributed by atoms with Crippen LogP contribution in [0.1, 0.15) is 30.9 Å². The zero-order valence-corrected chi connectivity index (χ0v) is 20.6. The van der Waals surface area contributed by atoms with Gasteiger partial charge in [-0.3, -0.25) is 4.68 Å². The van der Waals surface area contributed by atoms with Gasteiger partial charge >= 0.3 is 12.0 Å². The maximum absolute atomic E-state index is 12.6. The van der Waals surface area contributed by atoms with Gasteiger partial charge in [0, 0.05) is 43.9 Å². The number of nitrogens with zero attached hydrogens (tertiary/aromatic N) is 4. The molecule has 2 amide bonds. The third-order valence-corrected chi connectivity index (χ3v) is 6.64. The molecule has 184 valence electrons. The summed E-state index contributed by atoms with van der Waals surface area (Å²) in [7, 11) is 3.17. The van der Waals surface area contributed by atoms with Gasteiger partial charge in [0.2, 0.25) is 0 Å². The summed E-state index contributed by atoms with van der Waals surface area (Å²) in [4.78, 5) is 30.0. The number of methoxy groups -OCH3 is 1. The van der Waals surface area contributed by atoms with Crippen molar-refractivity contribution in [3.05, 3.63) is 40.0 Å². The lowest BCUT2D eigenvalue weighted by Crippen LogP contribution is -2.45. The quantitative estimate of drug-likeness (QED) is 0.297. The molecule has 0 bridgehead atoms. The minimum absolute atomic E-state index is 0.192. The number of piperidine rings is 1. The number of esters is 1. The number of urea groups is 1. The van der Waals surface area contributed by atoms with Crippen LogP contribution in [-0.4, -0.2) is 65.4 Å². The summed E-state index contributed by atoms with van der Waals surface area (Å²) in [5, 5.41) is 8.42. The molecule has 0 radical (unpaired) electrons. The maximum atomic E-state index is 12.6. The lowest BCUT2D eigenvalue weighted by atomic mass is 9.93. The fourth-order valence-corrected chi connectivity index (χ4v) is 4.45. The van der Waals surface area contributed by atoms with Gasteiger partial charge in [-0.2, -0.15) is 5.10 Å². The number of nitrogens with one attached hydrogen (secondary N) is 1. The molecule has 0 saturated carbocycles. The van der Waals surface area contributed by atoms with Crippen LogP contribution in [0.25, 0.3) is 11.3 Å². The van der Waals surface area contributed by atoms with Gasteiger partial charge in [0.15, 0.2) is 12.0 Å². The smallest absolute Gasteiger partial charge is 0.330 e. The van der Waals surface area contributed by atoms with Crippen molar-refractivity contribution in [1.29, 1.82) is 0 Å². The van der Waals surface area contributed by atoms with E-state index >= 15 is 0 Å². The van der Waals surface area contributed by atoms with Crippen molar-refractivity contribution in [2.75, 3.05) is 26.7 Å². The van der Waals surface area contributed by atoms with Crippen LogP contribution in [0, 0.1) is 0 Å². The van der Waals surface area contributed by atoms with E-state index in [2.05, 4.69) is 15.4 Å². The first kappa shape index (κ1) is 25.6. The number of aryl methyl sites for hydroxylation is 1. The number of benzene rings is 1. The molecule has 2 aromatic rings. The summed E-state index contributed by atoms with van der Waals surface area (Å²) in [6, 6.07) is 6.48. The van der Waals surface area contributed by atoms with Gasteiger partial charge in [0.25, 0.3) is 0 Å². The lowest BCUT2D eigenvalue weighted by Gasteiger charge is -2.32. The average Bonchev–Trinajstić information content (AvgIpc) is 3.20. The summed E-state index contributed by atoms with van der Waals surface area (Å²) in [5.74, 6) is -0.503. The standard InChI is InChI=1S/C22H29Cl2N7O3/c1-30-18(12-17(29-30)14-4-3-5-15(23)19(14)24)13-7-10-31(11-8-13)22(33)27-9-6-16(20(32)34-2)28-21(25)26/h3-5,12-13,16H,6-11H2,1-2H3,(H,27,33)(H4,25,26,28)/t16-/m0/s1. The van der Waals surface area contributed by atoms with Crippen LogP contribution in [0.5, 0.6) is 0 Å². The molecule has 0 spiro atoms. The number of carbonyl (C=O) groups excluding carboxylic acids is 2. The molecule has 5 N–H and O–H groups in total. The number of guanidine groups is 1. The molecule has 0 unspecified atom stereocenters. The number of hydrogen-bond acceptors (Lipinski definition) is 5. The summed E-state index contributed by atoms with van der Waals surface area (Å²) >= 11 is 12.5. The Balaban J connectivity index is 1.55. The maximum Gasteiger partial charge on any atom is 0.330 e. The van der Waals surface area contributed by atoms with Gasteiger partial charge in [0.05, 0.1) is 22.8 Å². The van der Waals surface area contributed by atoms with Gasteiger partial charge in [-0.05, 0) is 31.4 Å². The first-order valence-corrected chi connectivity index (χ1v) is 11.6. The Kier molecular flexibility index (Phi) is 8.62. The predicted octanol–water partition coefficient (Wildman–Crippen LogP) is 2.49. The van der Waals surface area contributed by atoms with Gasteiger partial charge in [-0.1, -0.05) is 35.3 Å². The van der Waals surface area contributed by atoms with Crippen LogP contribution >= 0.6 is 23.2 Å². The number of carbonyl (C=O) groups is 2. The third-order valence-electron chi connectivity index (χ3n) is 5.82. The van der Waals surface area contributed by atoms with Crippen LogP contribution in [0.15, 0.2) is 29.3 Å². The fraction of sp³-hybridized carbons (Fsp3) is 0.455. The van der Waals surface area contributed by atoms with Gasteiger partial charge < -0.3 is 26.4 Å². The molecule has 0 aliphatic carbocycles. The van der Waals surface area contributed by atoms with Crippen molar-refractivity contribution in [3.63, 3.8) is 0 Å². The van der Waals surface area contributed by atoms with E-state index in [-0.39, 0.29) is 30.9 Å². The number of ether oxygens (including phenoxy) is 1. The molecule has 1 saturated heterocycles. The number of aromatic nitrogens is 2. The minimum atomic E-state index is -0.854. The Morgan fingerprint density at radius 3 is 2.65 bits per heavy atom. The van der Waals surface area contributed by atoms with E-state index in [0.29, 0.717) is 23.1 Å². The number of hydrogen-bond donors (Lipinski definition) is 3. The summed E-state index contributed by atoms with van der Waals surface area (Å²) < 4.78 is 6.56. The second-order valence-electron chi connectivity index (χ2n) is 8.05. The zero-order chi connectivity index (χ0) is 24.8. The molecule has 1 aromatic carbocycles. The molecular weight excluding hydrogens is 481 g/mol. The largest absolute Gasteiger partial charge is 0.467 e. The molecule has 12 heteroatoms. The van der Waals surface area contributed by atoms with Crippen LogP contribution in [0.2, 0.25) is 10.0 Å². The highest BCUT2D eigenvalue weighted by Gasteiger charge is 2.27. The van der Waals surface area contributed by atoms with E-state index in [4.69, 9.17) is 39.4 Å².